The van der Waals surface area contributed by atoms with Crippen LogP contribution in [-0.4, -0.2) is 32.8 Å². The van der Waals surface area contributed by atoms with E-state index in [0.717, 1.165) is 27.9 Å². The van der Waals surface area contributed by atoms with Gasteiger partial charge < -0.3 is 0 Å². The summed E-state index contributed by atoms with van der Waals surface area (Å²) in [5.41, 5.74) is 0.715. The van der Waals surface area contributed by atoms with E-state index in [4.69, 9.17) is 0 Å². The minimum atomic E-state index is 0.0282. The van der Waals surface area contributed by atoms with E-state index < -0.39 is 0 Å². The van der Waals surface area contributed by atoms with Gasteiger partial charge >= 0.3 is 0 Å². The summed E-state index contributed by atoms with van der Waals surface area (Å²) in [6, 6.07) is 9.25. The van der Waals surface area contributed by atoms with Gasteiger partial charge in [0.2, 0.25) is 0 Å². The molecule has 1 aromatic heterocycles. The summed E-state index contributed by atoms with van der Waals surface area (Å²) in [4.78, 5) is 23.9. The molecule has 23 heavy (non-hydrogen) atoms. The topological polar surface area (TPSA) is 59.9 Å². The molecular formula is C16H16N2O2S3. The summed E-state index contributed by atoms with van der Waals surface area (Å²) in [6.07, 6.45) is 3.73. The highest BCUT2D eigenvalue weighted by Crippen LogP contribution is 2.35. The van der Waals surface area contributed by atoms with Gasteiger partial charge in [0.05, 0.1) is 11.0 Å². The Hall–Kier alpha value is -1.18. The van der Waals surface area contributed by atoms with Crippen molar-refractivity contribution in [3.05, 3.63) is 35.9 Å². The summed E-state index contributed by atoms with van der Waals surface area (Å²) in [6.45, 7) is 0. The molecule has 0 spiro atoms. The summed E-state index contributed by atoms with van der Waals surface area (Å²) < 4.78 is 1.60. The zero-order chi connectivity index (χ0) is 16.1. The molecule has 0 saturated heterocycles. The fourth-order valence-corrected chi connectivity index (χ4v) is 5.62. The van der Waals surface area contributed by atoms with E-state index in [-0.39, 0.29) is 11.0 Å². The second kappa shape index (κ2) is 8.08. The molecule has 1 atom stereocenters. The minimum Gasteiger partial charge on any atom is -0.298 e. The lowest BCUT2D eigenvalue weighted by Gasteiger charge is -2.17. The third kappa shape index (κ3) is 4.65. The molecule has 0 N–H and O–H groups in total. The Morgan fingerprint density at radius 3 is 2.74 bits per heavy atom. The number of benzene rings is 1. The third-order valence-electron chi connectivity index (χ3n) is 3.55. The largest absolute Gasteiger partial charge is 0.298 e. The van der Waals surface area contributed by atoms with Crippen LogP contribution in [-0.2, 0) is 4.79 Å². The maximum Gasteiger partial charge on any atom is 0.175 e. The average molecular weight is 365 g/mol. The molecule has 1 aliphatic carbocycles. The first-order chi connectivity index (χ1) is 11.2. The standard InChI is InChI=1S/C16H16N2O2S3/c19-12-8-4-5-9-14(12)22-16-18-17-15(23-16)21-10-13(20)11-6-2-1-3-7-11/h1-3,6-7,14H,4-5,8-10H2/t14-/m0/s1. The van der Waals surface area contributed by atoms with Gasteiger partial charge in [-0.05, 0) is 12.8 Å². The molecule has 1 saturated carbocycles. The van der Waals surface area contributed by atoms with Gasteiger partial charge in [-0.3, -0.25) is 9.59 Å². The Balaban J connectivity index is 1.53. The van der Waals surface area contributed by atoms with Crippen LogP contribution in [0.25, 0.3) is 0 Å². The molecule has 3 rings (SSSR count). The Morgan fingerprint density at radius 2 is 1.96 bits per heavy atom. The lowest BCUT2D eigenvalue weighted by molar-refractivity contribution is -0.119. The first-order valence-electron chi connectivity index (χ1n) is 7.46. The molecule has 1 heterocycles. The van der Waals surface area contributed by atoms with Crippen LogP contribution >= 0.6 is 34.9 Å². The van der Waals surface area contributed by atoms with E-state index in [9.17, 15) is 9.59 Å². The maximum absolute atomic E-state index is 12.1. The SMILES string of the molecule is O=C(CSc1nnc(S[C@H]2CCCCC2=O)s1)c1ccccc1. The number of aromatic nitrogens is 2. The van der Waals surface area contributed by atoms with Crippen LogP contribution in [0.1, 0.15) is 36.0 Å². The number of carbonyl (C=O) groups is 2. The molecule has 0 aliphatic heterocycles. The van der Waals surface area contributed by atoms with Crippen LogP contribution in [0.2, 0.25) is 0 Å². The van der Waals surface area contributed by atoms with Gasteiger partial charge in [-0.15, -0.1) is 10.2 Å². The summed E-state index contributed by atoms with van der Waals surface area (Å²) in [5, 5.41) is 8.29. The van der Waals surface area contributed by atoms with Gasteiger partial charge in [-0.25, -0.2) is 0 Å². The third-order valence-corrected chi connectivity index (χ3v) is 7.01. The van der Waals surface area contributed by atoms with E-state index in [1.165, 1.54) is 34.9 Å². The molecule has 7 heteroatoms. The van der Waals surface area contributed by atoms with E-state index >= 15 is 0 Å². The number of hydrogen-bond donors (Lipinski definition) is 0. The highest BCUT2D eigenvalue weighted by atomic mass is 32.2. The molecule has 4 nitrogen and oxygen atoms in total. The number of nitrogens with zero attached hydrogens (tertiary/aromatic N) is 2. The molecule has 120 valence electrons. The summed E-state index contributed by atoms with van der Waals surface area (Å²) >= 11 is 4.39. The fraction of sp³-hybridized carbons (Fsp3) is 0.375. The normalized spacial score (nSPS) is 18.1. The van der Waals surface area contributed by atoms with Crippen molar-refractivity contribution < 1.29 is 9.59 Å². The Labute approximate surface area is 147 Å². The quantitative estimate of drug-likeness (QED) is 0.568. The van der Waals surface area contributed by atoms with Crippen LogP contribution in [0.5, 0.6) is 0 Å². The van der Waals surface area contributed by atoms with Crippen molar-refractivity contribution in [3.63, 3.8) is 0 Å². The highest BCUT2D eigenvalue weighted by molar-refractivity contribution is 8.04. The van der Waals surface area contributed by atoms with Crippen LogP contribution in [0, 0.1) is 0 Å². The van der Waals surface area contributed by atoms with E-state index in [0.29, 0.717) is 23.5 Å². The molecule has 2 aromatic rings. The molecule has 0 radical (unpaired) electrons. The van der Waals surface area contributed by atoms with E-state index in [1.54, 1.807) is 0 Å². The number of thioether (sulfide) groups is 2. The first-order valence-corrected chi connectivity index (χ1v) is 10.1. The smallest absolute Gasteiger partial charge is 0.175 e. The van der Waals surface area contributed by atoms with Crippen molar-refractivity contribution in [2.75, 3.05) is 5.75 Å². The molecule has 0 bridgehead atoms. The number of Topliss-reactive ketones (excluding diaryl/α,β-unsaturated/α-hetero) is 2. The van der Waals surface area contributed by atoms with Gasteiger partial charge in [-0.2, -0.15) is 0 Å². The van der Waals surface area contributed by atoms with Crippen LogP contribution in [0.4, 0.5) is 0 Å². The Morgan fingerprint density at radius 1 is 1.17 bits per heavy atom. The lowest BCUT2D eigenvalue weighted by atomic mass is 9.99. The van der Waals surface area contributed by atoms with Crippen LogP contribution in [0.15, 0.2) is 39.0 Å². The number of ketones is 2. The number of carbonyl (C=O) groups excluding carboxylic acids is 2. The highest BCUT2D eigenvalue weighted by Gasteiger charge is 2.24. The molecule has 0 amide bonds. The fourth-order valence-electron chi connectivity index (χ4n) is 2.34. The van der Waals surface area contributed by atoms with Gasteiger partial charge in [0.1, 0.15) is 5.78 Å². The van der Waals surface area contributed by atoms with Crippen molar-refractivity contribution in [2.24, 2.45) is 0 Å². The van der Waals surface area contributed by atoms with Gasteiger partial charge in [0.15, 0.2) is 14.5 Å². The minimum absolute atomic E-state index is 0.0282. The van der Waals surface area contributed by atoms with Crippen molar-refractivity contribution >= 4 is 46.4 Å². The lowest BCUT2D eigenvalue weighted by Crippen LogP contribution is -2.21. The number of rotatable bonds is 6. The predicted molar refractivity (Wildman–Crippen MR) is 94.5 cm³/mol. The zero-order valence-electron chi connectivity index (χ0n) is 12.4. The Kier molecular flexibility index (Phi) is 5.85. The second-order valence-corrected chi connectivity index (χ2v) is 8.88. The van der Waals surface area contributed by atoms with Crippen molar-refractivity contribution in [2.45, 2.75) is 39.6 Å². The summed E-state index contributed by atoms with van der Waals surface area (Å²) in [5.74, 6) is 0.762. The molecule has 0 unspecified atom stereocenters. The molecule has 1 aromatic carbocycles. The number of hydrogen-bond acceptors (Lipinski definition) is 7. The van der Waals surface area contributed by atoms with Gasteiger partial charge in [0.25, 0.3) is 0 Å². The van der Waals surface area contributed by atoms with E-state index in [1.807, 2.05) is 30.3 Å². The monoisotopic (exact) mass is 364 g/mol. The van der Waals surface area contributed by atoms with Crippen molar-refractivity contribution in [1.82, 2.24) is 10.2 Å². The first kappa shape index (κ1) is 16.7. The van der Waals surface area contributed by atoms with Gasteiger partial charge in [0, 0.05) is 12.0 Å². The zero-order valence-corrected chi connectivity index (χ0v) is 14.9. The van der Waals surface area contributed by atoms with Crippen LogP contribution in [0.3, 0.4) is 0 Å². The molecule has 1 fully saturated rings. The molecular weight excluding hydrogens is 348 g/mol. The Bertz CT molecular complexity index is 688. The van der Waals surface area contributed by atoms with Crippen LogP contribution < -0.4 is 0 Å². The molecule has 1 aliphatic rings. The van der Waals surface area contributed by atoms with Crippen molar-refractivity contribution in [1.29, 1.82) is 0 Å². The average Bonchev–Trinajstić information content (AvgIpc) is 3.03. The predicted octanol–water partition coefficient (Wildman–Crippen LogP) is 4.12. The summed E-state index contributed by atoms with van der Waals surface area (Å²) in [7, 11) is 0. The van der Waals surface area contributed by atoms with Gasteiger partial charge in [-0.1, -0.05) is 71.6 Å². The van der Waals surface area contributed by atoms with Crippen molar-refractivity contribution in [3.8, 4) is 0 Å². The van der Waals surface area contributed by atoms with E-state index in [2.05, 4.69) is 10.2 Å². The second-order valence-electron chi connectivity index (χ2n) is 5.23. The maximum atomic E-state index is 12.1.